The van der Waals surface area contributed by atoms with Crippen molar-refractivity contribution in [3.8, 4) is 0 Å². The van der Waals surface area contributed by atoms with Crippen LogP contribution in [0.2, 0.25) is 10.0 Å². The van der Waals surface area contributed by atoms with E-state index in [2.05, 4.69) is 5.32 Å². The Morgan fingerprint density at radius 1 is 1.19 bits per heavy atom. The number of halogens is 5. The Kier molecular flexibility index (Phi) is 7.51. The van der Waals surface area contributed by atoms with Crippen molar-refractivity contribution in [3.63, 3.8) is 0 Å². The zero-order chi connectivity index (χ0) is 22.6. The predicted molar refractivity (Wildman–Crippen MR) is 116 cm³/mol. The Balaban J connectivity index is 1.79. The lowest BCUT2D eigenvalue weighted by Crippen LogP contribution is -2.60. The Morgan fingerprint density at radius 3 is 2.61 bits per heavy atom. The number of piperazine rings is 1. The van der Waals surface area contributed by atoms with Crippen molar-refractivity contribution >= 4 is 52.0 Å². The summed E-state index contributed by atoms with van der Waals surface area (Å²) in [7, 11) is 0. The molecule has 2 aromatic rings. The van der Waals surface area contributed by atoms with E-state index in [4.69, 9.17) is 23.2 Å². The van der Waals surface area contributed by atoms with Crippen LogP contribution in [0.4, 0.5) is 18.9 Å². The van der Waals surface area contributed by atoms with Crippen LogP contribution >= 0.6 is 34.5 Å². The molecule has 1 fully saturated rings. The van der Waals surface area contributed by atoms with E-state index < -0.39 is 18.1 Å². The normalized spacial score (nSPS) is 17.3. The number of thiophene rings is 1. The van der Waals surface area contributed by atoms with E-state index >= 15 is 0 Å². The molecule has 1 atom stereocenters. The molecule has 0 spiro atoms. The van der Waals surface area contributed by atoms with Crippen LogP contribution in [0.5, 0.6) is 0 Å². The largest absolute Gasteiger partial charge is 0.409 e. The van der Waals surface area contributed by atoms with E-state index in [1.165, 1.54) is 16.2 Å². The van der Waals surface area contributed by atoms with Gasteiger partial charge in [-0.25, -0.2) is 0 Å². The van der Waals surface area contributed by atoms with Crippen LogP contribution in [-0.2, 0) is 16.1 Å². The molecular weight excluding hydrogens is 474 g/mol. The van der Waals surface area contributed by atoms with Crippen molar-refractivity contribution in [3.05, 3.63) is 62.8 Å². The minimum Gasteiger partial charge on any atom is -0.356 e. The first-order valence-electron chi connectivity index (χ1n) is 9.21. The summed E-state index contributed by atoms with van der Waals surface area (Å²) in [4.78, 5) is 29.2. The van der Waals surface area contributed by atoms with Crippen molar-refractivity contribution in [2.45, 2.75) is 18.8 Å². The fourth-order valence-electron chi connectivity index (χ4n) is 3.16. The maximum atomic E-state index is 13.0. The highest BCUT2D eigenvalue weighted by atomic mass is 35.5. The summed E-state index contributed by atoms with van der Waals surface area (Å²) in [5.41, 5.74) is 0.628. The number of carbonyl (C=O) groups excluding carboxylic acids is 2. The Labute approximate surface area is 191 Å². The van der Waals surface area contributed by atoms with Crippen LogP contribution in [0.25, 0.3) is 0 Å². The smallest absolute Gasteiger partial charge is 0.356 e. The number of benzene rings is 1. The Bertz CT molecular complexity index is 967. The lowest BCUT2D eigenvalue weighted by atomic mass is 10.1. The molecular formula is C20H18Cl2F3N3O2S. The van der Waals surface area contributed by atoms with Gasteiger partial charge in [0, 0.05) is 35.8 Å². The summed E-state index contributed by atoms with van der Waals surface area (Å²) < 4.78 is 37.3. The number of anilines is 1. The average molecular weight is 492 g/mol. The van der Waals surface area contributed by atoms with Crippen molar-refractivity contribution < 1.29 is 22.8 Å². The van der Waals surface area contributed by atoms with Crippen molar-refractivity contribution in [1.29, 1.82) is 0 Å². The number of nitrogens with zero attached hydrogens (tertiary/aromatic N) is 2. The first-order chi connectivity index (χ1) is 14.6. The molecule has 166 valence electrons. The van der Waals surface area contributed by atoms with E-state index in [0.29, 0.717) is 28.4 Å². The molecule has 0 aliphatic carbocycles. The molecule has 1 saturated heterocycles. The number of amides is 2. The SMILES string of the molecule is O=C(NCc1cccs1)[C@@H]1CN(C(=O)/C=C/C(F)(F)F)CCN1c1ccc(Cl)c(Cl)c1. The summed E-state index contributed by atoms with van der Waals surface area (Å²) in [5, 5.41) is 5.38. The summed E-state index contributed by atoms with van der Waals surface area (Å²) in [6.07, 6.45) is -4.21. The molecule has 1 aliphatic heterocycles. The summed E-state index contributed by atoms with van der Waals surface area (Å²) in [5.74, 6) is -1.15. The van der Waals surface area contributed by atoms with Gasteiger partial charge in [0.05, 0.1) is 23.1 Å². The van der Waals surface area contributed by atoms with Crippen LogP contribution in [-0.4, -0.2) is 48.6 Å². The fraction of sp³-hybridized carbons (Fsp3) is 0.300. The van der Waals surface area contributed by atoms with Crippen molar-refractivity contribution in [2.24, 2.45) is 0 Å². The van der Waals surface area contributed by atoms with Gasteiger partial charge in [0.25, 0.3) is 0 Å². The standard InChI is InChI=1S/C20H18Cl2F3N3O2S/c21-15-4-3-13(10-16(15)22)28-8-7-27(18(29)5-6-20(23,24)25)12-17(28)19(30)26-11-14-2-1-9-31-14/h1-6,9-10,17H,7-8,11-12H2,(H,26,30)/b6-5+/t17-/m0/s1. The molecule has 0 saturated carbocycles. The van der Waals surface area contributed by atoms with Gasteiger partial charge in [0.15, 0.2) is 0 Å². The first-order valence-corrected chi connectivity index (χ1v) is 10.8. The summed E-state index contributed by atoms with van der Waals surface area (Å²) in [6.45, 7) is 0.623. The fourth-order valence-corrected chi connectivity index (χ4v) is 4.09. The van der Waals surface area contributed by atoms with Gasteiger partial charge in [-0.05, 0) is 29.6 Å². The third kappa shape index (κ3) is 6.38. The van der Waals surface area contributed by atoms with Gasteiger partial charge >= 0.3 is 6.18 Å². The third-order valence-electron chi connectivity index (χ3n) is 4.66. The van der Waals surface area contributed by atoms with Crippen LogP contribution in [0.3, 0.4) is 0 Å². The summed E-state index contributed by atoms with van der Waals surface area (Å²) >= 11 is 13.6. The van der Waals surface area contributed by atoms with E-state index in [1.807, 2.05) is 17.5 Å². The van der Waals surface area contributed by atoms with E-state index in [9.17, 15) is 22.8 Å². The zero-order valence-corrected chi connectivity index (χ0v) is 18.4. The van der Waals surface area contributed by atoms with Gasteiger partial charge in [-0.15, -0.1) is 11.3 Å². The Morgan fingerprint density at radius 2 is 1.97 bits per heavy atom. The van der Waals surface area contributed by atoms with Gasteiger partial charge in [0.1, 0.15) is 6.04 Å². The minimum absolute atomic E-state index is 0.0719. The second-order valence-corrected chi connectivity index (χ2v) is 8.61. The summed E-state index contributed by atoms with van der Waals surface area (Å²) in [6, 6.07) is 7.85. The van der Waals surface area contributed by atoms with E-state index in [-0.39, 0.29) is 31.6 Å². The maximum Gasteiger partial charge on any atom is 0.409 e. The number of carbonyl (C=O) groups is 2. The van der Waals surface area contributed by atoms with Gasteiger partial charge < -0.3 is 15.1 Å². The predicted octanol–water partition coefficient (Wildman–Crippen LogP) is 4.51. The second-order valence-electron chi connectivity index (χ2n) is 6.76. The molecule has 1 aromatic heterocycles. The highest BCUT2D eigenvalue weighted by Gasteiger charge is 2.34. The molecule has 0 unspecified atom stereocenters. The van der Waals surface area contributed by atoms with Gasteiger partial charge in [0.2, 0.25) is 11.8 Å². The molecule has 2 amide bonds. The number of alkyl halides is 3. The second kappa shape index (κ2) is 9.93. The lowest BCUT2D eigenvalue weighted by Gasteiger charge is -2.41. The molecule has 1 N–H and O–H groups in total. The van der Waals surface area contributed by atoms with Gasteiger partial charge in [-0.3, -0.25) is 9.59 Å². The monoisotopic (exact) mass is 491 g/mol. The van der Waals surface area contributed by atoms with Crippen LogP contribution in [0.15, 0.2) is 47.9 Å². The maximum absolute atomic E-state index is 13.0. The van der Waals surface area contributed by atoms with Crippen LogP contribution in [0, 0.1) is 0 Å². The minimum atomic E-state index is -4.59. The Hall–Kier alpha value is -2.23. The van der Waals surface area contributed by atoms with Crippen molar-refractivity contribution in [1.82, 2.24) is 10.2 Å². The highest BCUT2D eigenvalue weighted by Crippen LogP contribution is 2.29. The lowest BCUT2D eigenvalue weighted by molar-refractivity contribution is -0.129. The first kappa shape index (κ1) is 23.4. The van der Waals surface area contributed by atoms with Gasteiger partial charge in [-0.1, -0.05) is 29.3 Å². The molecule has 11 heteroatoms. The van der Waals surface area contributed by atoms with E-state index in [1.54, 1.807) is 23.1 Å². The quantitative estimate of drug-likeness (QED) is 0.626. The average Bonchev–Trinajstić information content (AvgIpc) is 3.25. The molecule has 0 radical (unpaired) electrons. The number of rotatable bonds is 5. The molecule has 5 nitrogen and oxygen atoms in total. The molecule has 0 bridgehead atoms. The van der Waals surface area contributed by atoms with Crippen LogP contribution in [0.1, 0.15) is 4.88 Å². The van der Waals surface area contributed by atoms with Gasteiger partial charge in [-0.2, -0.15) is 13.2 Å². The molecule has 31 heavy (non-hydrogen) atoms. The topological polar surface area (TPSA) is 52.7 Å². The number of hydrogen-bond donors (Lipinski definition) is 1. The zero-order valence-electron chi connectivity index (χ0n) is 16.0. The number of nitrogens with one attached hydrogen (secondary N) is 1. The molecule has 3 rings (SSSR count). The molecule has 2 heterocycles. The molecule has 1 aromatic carbocycles. The molecule has 1 aliphatic rings. The highest BCUT2D eigenvalue weighted by molar-refractivity contribution is 7.09. The number of allylic oxidation sites excluding steroid dienone is 1. The number of hydrogen-bond acceptors (Lipinski definition) is 4. The third-order valence-corrected chi connectivity index (χ3v) is 6.28. The van der Waals surface area contributed by atoms with E-state index in [0.717, 1.165) is 4.88 Å². The van der Waals surface area contributed by atoms with Crippen molar-refractivity contribution in [2.75, 3.05) is 24.5 Å². The van der Waals surface area contributed by atoms with Crippen LogP contribution < -0.4 is 10.2 Å².